The SMILES string of the molecule is COc1ccc2ccccc2c1CNc1ccc(S(=O)(=O)N2CCOCC2)cc1[N+](=O)[O-]. The van der Waals surface area contributed by atoms with Crippen LogP contribution in [-0.2, 0) is 21.3 Å². The standard InChI is InChI=1S/C22H23N3O6S/c1-30-22-9-6-16-4-2-3-5-18(16)19(22)15-23-20-8-7-17(14-21(20)25(26)27)32(28,29)24-10-12-31-13-11-24/h2-9,14,23H,10-13,15H2,1H3. The second kappa shape index (κ2) is 9.11. The van der Waals surface area contributed by atoms with E-state index in [2.05, 4.69) is 5.32 Å². The van der Waals surface area contributed by atoms with Crippen molar-refractivity contribution in [2.45, 2.75) is 11.4 Å². The molecule has 3 aromatic carbocycles. The van der Waals surface area contributed by atoms with Crippen molar-refractivity contribution in [2.75, 3.05) is 38.7 Å². The number of hydrogen-bond acceptors (Lipinski definition) is 7. The van der Waals surface area contributed by atoms with E-state index in [4.69, 9.17) is 9.47 Å². The zero-order chi connectivity index (χ0) is 22.7. The lowest BCUT2D eigenvalue weighted by Gasteiger charge is -2.26. The van der Waals surface area contributed by atoms with Crippen molar-refractivity contribution in [3.05, 3.63) is 70.3 Å². The maximum absolute atomic E-state index is 12.9. The molecule has 0 amide bonds. The van der Waals surface area contributed by atoms with Gasteiger partial charge in [0.2, 0.25) is 10.0 Å². The quantitative estimate of drug-likeness (QED) is 0.428. The monoisotopic (exact) mass is 457 g/mol. The molecule has 1 saturated heterocycles. The lowest BCUT2D eigenvalue weighted by Crippen LogP contribution is -2.40. The Morgan fingerprint density at radius 1 is 1.12 bits per heavy atom. The second-order valence-electron chi connectivity index (χ2n) is 7.27. The number of nitrogens with zero attached hydrogens (tertiary/aromatic N) is 2. The van der Waals surface area contributed by atoms with Crippen LogP contribution in [0.5, 0.6) is 5.75 Å². The van der Waals surface area contributed by atoms with Gasteiger partial charge in [0.15, 0.2) is 0 Å². The molecule has 0 saturated carbocycles. The zero-order valence-corrected chi connectivity index (χ0v) is 18.3. The summed E-state index contributed by atoms with van der Waals surface area (Å²) in [5.41, 5.74) is 0.773. The summed E-state index contributed by atoms with van der Waals surface area (Å²) in [6, 6.07) is 15.5. The molecule has 0 aromatic heterocycles. The molecule has 32 heavy (non-hydrogen) atoms. The number of sulfonamides is 1. The first-order valence-corrected chi connectivity index (χ1v) is 11.5. The average molecular weight is 458 g/mol. The zero-order valence-electron chi connectivity index (χ0n) is 17.5. The maximum atomic E-state index is 12.9. The highest BCUT2D eigenvalue weighted by Crippen LogP contribution is 2.32. The Morgan fingerprint density at radius 2 is 1.88 bits per heavy atom. The van der Waals surface area contributed by atoms with Crippen LogP contribution in [-0.4, -0.2) is 51.1 Å². The van der Waals surface area contributed by atoms with Crippen molar-refractivity contribution >= 4 is 32.2 Å². The molecular weight excluding hydrogens is 434 g/mol. The van der Waals surface area contributed by atoms with Crippen LogP contribution in [0.15, 0.2) is 59.5 Å². The fourth-order valence-electron chi connectivity index (χ4n) is 3.78. The van der Waals surface area contributed by atoms with Crippen molar-refractivity contribution in [3.8, 4) is 5.75 Å². The third kappa shape index (κ3) is 4.24. The van der Waals surface area contributed by atoms with Crippen molar-refractivity contribution in [2.24, 2.45) is 0 Å². The first-order chi connectivity index (χ1) is 15.4. The van der Waals surface area contributed by atoms with E-state index in [0.29, 0.717) is 19.0 Å². The summed E-state index contributed by atoms with van der Waals surface area (Å²) < 4.78 is 37.8. The van der Waals surface area contributed by atoms with Crippen LogP contribution in [0.4, 0.5) is 11.4 Å². The topological polar surface area (TPSA) is 111 Å². The van der Waals surface area contributed by atoms with E-state index >= 15 is 0 Å². The van der Waals surface area contributed by atoms with Gasteiger partial charge in [-0.15, -0.1) is 0 Å². The van der Waals surface area contributed by atoms with Gasteiger partial charge in [-0.25, -0.2) is 8.42 Å². The van der Waals surface area contributed by atoms with Crippen molar-refractivity contribution in [1.29, 1.82) is 0 Å². The molecule has 0 bridgehead atoms. The number of fused-ring (bicyclic) bond motifs is 1. The molecule has 0 aliphatic carbocycles. The molecule has 1 fully saturated rings. The summed E-state index contributed by atoms with van der Waals surface area (Å²) in [7, 11) is -2.27. The van der Waals surface area contributed by atoms with E-state index in [1.165, 1.54) is 16.4 Å². The molecule has 1 aliphatic rings. The van der Waals surface area contributed by atoms with E-state index in [1.807, 2.05) is 36.4 Å². The number of nitro benzene ring substituents is 1. The van der Waals surface area contributed by atoms with Crippen molar-refractivity contribution < 1.29 is 22.8 Å². The lowest BCUT2D eigenvalue weighted by molar-refractivity contribution is -0.384. The molecule has 10 heteroatoms. The van der Waals surface area contributed by atoms with E-state index < -0.39 is 14.9 Å². The first-order valence-electron chi connectivity index (χ1n) is 10.1. The molecule has 0 atom stereocenters. The Balaban J connectivity index is 1.65. The van der Waals surface area contributed by atoms with Crippen LogP contribution in [0, 0.1) is 10.1 Å². The molecule has 168 valence electrons. The Kier molecular flexibility index (Phi) is 6.26. The molecule has 1 heterocycles. The van der Waals surface area contributed by atoms with Gasteiger partial charge in [0.1, 0.15) is 11.4 Å². The molecule has 3 aromatic rings. The van der Waals surface area contributed by atoms with Crippen LogP contribution >= 0.6 is 0 Å². The Labute approximate surface area is 185 Å². The number of benzene rings is 3. The summed E-state index contributed by atoms with van der Waals surface area (Å²) >= 11 is 0. The van der Waals surface area contributed by atoms with Crippen LogP contribution in [0.3, 0.4) is 0 Å². The smallest absolute Gasteiger partial charge is 0.293 e. The summed E-state index contributed by atoms with van der Waals surface area (Å²) in [5, 5.41) is 16.8. The number of morpholine rings is 1. The molecular formula is C22H23N3O6S. The minimum atomic E-state index is -3.84. The van der Waals surface area contributed by atoms with Gasteiger partial charge in [0.05, 0.1) is 30.1 Å². The van der Waals surface area contributed by atoms with Crippen LogP contribution in [0.25, 0.3) is 10.8 Å². The predicted molar refractivity (Wildman–Crippen MR) is 121 cm³/mol. The van der Waals surface area contributed by atoms with Gasteiger partial charge in [-0.05, 0) is 29.0 Å². The summed E-state index contributed by atoms with van der Waals surface area (Å²) in [5.74, 6) is 0.658. The van der Waals surface area contributed by atoms with Crippen LogP contribution in [0.2, 0.25) is 0 Å². The summed E-state index contributed by atoms with van der Waals surface area (Å²) in [6.07, 6.45) is 0. The highest BCUT2D eigenvalue weighted by atomic mass is 32.2. The van der Waals surface area contributed by atoms with E-state index in [9.17, 15) is 18.5 Å². The fraction of sp³-hybridized carbons (Fsp3) is 0.273. The molecule has 1 aliphatic heterocycles. The van der Waals surface area contributed by atoms with Gasteiger partial charge >= 0.3 is 0 Å². The fourth-order valence-corrected chi connectivity index (χ4v) is 5.21. The third-order valence-electron chi connectivity index (χ3n) is 5.45. The van der Waals surface area contributed by atoms with Crippen molar-refractivity contribution in [3.63, 3.8) is 0 Å². The van der Waals surface area contributed by atoms with E-state index in [1.54, 1.807) is 7.11 Å². The maximum Gasteiger partial charge on any atom is 0.293 e. The van der Waals surface area contributed by atoms with Gasteiger partial charge in [-0.1, -0.05) is 30.3 Å². The van der Waals surface area contributed by atoms with Gasteiger partial charge in [-0.2, -0.15) is 4.31 Å². The van der Waals surface area contributed by atoms with Gasteiger partial charge in [-0.3, -0.25) is 10.1 Å². The number of nitrogens with one attached hydrogen (secondary N) is 1. The Bertz CT molecular complexity index is 1260. The second-order valence-corrected chi connectivity index (χ2v) is 9.21. The normalized spacial score (nSPS) is 14.9. The first kappa shape index (κ1) is 22.0. The average Bonchev–Trinajstić information content (AvgIpc) is 2.82. The number of anilines is 1. The Hall–Kier alpha value is -3.21. The molecule has 0 radical (unpaired) electrons. The predicted octanol–water partition coefficient (Wildman–Crippen LogP) is 3.39. The molecule has 0 unspecified atom stereocenters. The number of nitro groups is 1. The highest BCUT2D eigenvalue weighted by molar-refractivity contribution is 7.89. The number of ether oxygens (including phenoxy) is 2. The lowest BCUT2D eigenvalue weighted by atomic mass is 10.0. The van der Waals surface area contributed by atoms with E-state index in [-0.39, 0.29) is 35.9 Å². The van der Waals surface area contributed by atoms with Gasteiger partial charge in [0, 0.05) is 31.3 Å². The van der Waals surface area contributed by atoms with Crippen LogP contribution in [0.1, 0.15) is 5.56 Å². The Morgan fingerprint density at radius 3 is 2.59 bits per heavy atom. The van der Waals surface area contributed by atoms with E-state index in [0.717, 1.165) is 22.4 Å². The van der Waals surface area contributed by atoms with Crippen molar-refractivity contribution in [1.82, 2.24) is 4.31 Å². The largest absolute Gasteiger partial charge is 0.496 e. The van der Waals surface area contributed by atoms with Gasteiger partial charge in [0.25, 0.3) is 5.69 Å². The third-order valence-corrected chi connectivity index (χ3v) is 7.34. The molecule has 4 rings (SSSR count). The summed E-state index contributed by atoms with van der Waals surface area (Å²) in [6.45, 7) is 1.30. The number of methoxy groups -OCH3 is 1. The minimum Gasteiger partial charge on any atom is -0.496 e. The molecule has 0 spiro atoms. The summed E-state index contributed by atoms with van der Waals surface area (Å²) in [4.78, 5) is 11.0. The van der Waals surface area contributed by atoms with Gasteiger partial charge < -0.3 is 14.8 Å². The molecule has 9 nitrogen and oxygen atoms in total. The minimum absolute atomic E-state index is 0.112. The number of hydrogen-bond donors (Lipinski definition) is 1. The number of rotatable bonds is 7. The highest BCUT2D eigenvalue weighted by Gasteiger charge is 2.29. The van der Waals surface area contributed by atoms with Crippen LogP contribution < -0.4 is 10.1 Å². The molecule has 1 N–H and O–H groups in total.